The van der Waals surface area contributed by atoms with E-state index in [2.05, 4.69) is 38.4 Å². The number of aromatic hydroxyl groups is 1. The number of carbonyl (C=O) groups is 1. The molecule has 1 atom stereocenters. The molecule has 1 saturated heterocycles. The van der Waals surface area contributed by atoms with Gasteiger partial charge in [-0.15, -0.1) is 0 Å². The Morgan fingerprint density at radius 2 is 2.03 bits per heavy atom. The van der Waals surface area contributed by atoms with Crippen molar-refractivity contribution in [3.63, 3.8) is 0 Å². The molecule has 0 radical (unpaired) electrons. The van der Waals surface area contributed by atoms with Gasteiger partial charge >= 0.3 is 0 Å². The van der Waals surface area contributed by atoms with Gasteiger partial charge in [-0.25, -0.2) is 0 Å². The number of nitrogens with zero attached hydrogens (tertiary/aromatic N) is 3. The Balaban J connectivity index is 1.47. The van der Waals surface area contributed by atoms with E-state index < -0.39 is 0 Å². The number of fused-ring (bicyclic) bond motifs is 1. The molecule has 4 rings (SSSR count). The molecule has 1 fully saturated rings. The number of nitrogens with one attached hydrogen (secondary N) is 2. The SMILES string of the molecule is CN1CCN(Cc2cccc(CO)c2)CC(NC(=O)c2n[nH]c3ccc(O)cc23)C1. The highest BCUT2D eigenvalue weighted by atomic mass is 16.3. The normalized spacial score (nSPS) is 18.4. The van der Waals surface area contributed by atoms with Crippen molar-refractivity contribution in [1.29, 1.82) is 0 Å². The van der Waals surface area contributed by atoms with Crippen LogP contribution < -0.4 is 5.32 Å². The van der Waals surface area contributed by atoms with Crippen LogP contribution in [0.3, 0.4) is 0 Å². The summed E-state index contributed by atoms with van der Waals surface area (Å²) in [5.41, 5.74) is 3.04. The van der Waals surface area contributed by atoms with E-state index in [4.69, 9.17) is 0 Å². The maximum atomic E-state index is 12.9. The topological polar surface area (TPSA) is 105 Å². The zero-order chi connectivity index (χ0) is 21.1. The van der Waals surface area contributed by atoms with Crippen molar-refractivity contribution in [2.75, 3.05) is 33.2 Å². The summed E-state index contributed by atoms with van der Waals surface area (Å²) in [7, 11) is 2.05. The zero-order valence-corrected chi connectivity index (χ0v) is 17.0. The predicted octanol–water partition coefficient (Wildman–Crippen LogP) is 1.31. The maximum absolute atomic E-state index is 12.9. The van der Waals surface area contributed by atoms with Crippen LogP contribution >= 0.6 is 0 Å². The minimum atomic E-state index is -0.255. The number of hydrogen-bond acceptors (Lipinski definition) is 6. The lowest BCUT2D eigenvalue weighted by Crippen LogP contribution is -2.46. The van der Waals surface area contributed by atoms with E-state index in [1.54, 1.807) is 18.2 Å². The van der Waals surface area contributed by atoms with E-state index in [1.165, 1.54) is 0 Å². The van der Waals surface area contributed by atoms with E-state index in [-0.39, 0.29) is 30.0 Å². The Morgan fingerprint density at radius 3 is 2.87 bits per heavy atom. The number of aliphatic hydroxyl groups is 1. The molecule has 1 aliphatic heterocycles. The number of aliphatic hydroxyl groups excluding tert-OH is 1. The van der Waals surface area contributed by atoms with Gasteiger partial charge in [0.05, 0.1) is 18.2 Å². The van der Waals surface area contributed by atoms with E-state index >= 15 is 0 Å². The van der Waals surface area contributed by atoms with Crippen molar-refractivity contribution >= 4 is 16.8 Å². The van der Waals surface area contributed by atoms with Crippen LogP contribution in [0.15, 0.2) is 42.5 Å². The van der Waals surface area contributed by atoms with Crippen LogP contribution in [0, 0.1) is 0 Å². The molecule has 4 N–H and O–H groups in total. The van der Waals surface area contributed by atoms with Crippen molar-refractivity contribution < 1.29 is 15.0 Å². The lowest BCUT2D eigenvalue weighted by molar-refractivity contribution is 0.0920. The summed E-state index contributed by atoms with van der Waals surface area (Å²) in [6.07, 6.45) is 0. The number of amides is 1. The van der Waals surface area contributed by atoms with Gasteiger partial charge in [0.25, 0.3) is 5.91 Å². The Hall–Kier alpha value is -2.94. The van der Waals surface area contributed by atoms with Gasteiger partial charge in [-0.1, -0.05) is 24.3 Å². The van der Waals surface area contributed by atoms with Crippen LogP contribution in [0.5, 0.6) is 5.75 Å². The molecular formula is C22H27N5O3. The average Bonchev–Trinajstić information content (AvgIpc) is 3.07. The first kappa shape index (κ1) is 20.3. The lowest BCUT2D eigenvalue weighted by atomic mass is 10.1. The fourth-order valence-electron chi connectivity index (χ4n) is 3.99. The number of aromatic nitrogens is 2. The standard InChI is InChI=1S/C22H27N5O3/c1-26-7-8-27(11-15-3-2-4-16(9-15)14-28)13-17(12-26)23-22(30)21-19-10-18(29)5-6-20(19)24-25-21/h2-6,9-10,17,28-29H,7-8,11-14H2,1H3,(H,23,30)(H,24,25). The van der Waals surface area contributed by atoms with Crippen LogP contribution in [-0.2, 0) is 13.2 Å². The Bertz CT molecular complexity index is 1030. The number of H-pyrrole nitrogens is 1. The molecule has 8 heteroatoms. The van der Waals surface area contributed by atoms with E-state index in [9.17, 15) is 15.0 Å². The number of hydrogen-bond donors (Lipinski definition) is 4. The molecule has 1 amide bonds. The zero-order valence-electron chi connectivity index (χ0n) is 17.0. The monoisotopic (exact) mass is 409 g/mol. The number of rotatable bonds is 5. The largest absolute Gasteiger partial charge is 0.508 e. The molecule has 1 aromatic heterocycles. The van der Waals surface area contributed by atoms with Crippen molar-refractivity contribution in [2.24, 2.45) is 0 Å². The average molecular weight is 409 g/mol. The van der Waals surface area contributed by atoms with Gasteiger partial charge in [-0.3, -0.25) is 14.8 Å². The third-order valence-electron chi connectivity index (χ3n) is 5.49. The summed E-state index contributed by atoms with van der Waals surface area (Å²) in [6.45, 7) is 4.05. The lowest BCUT2D eigenvalue weighted by Gasteiger charge is -2.24. The fourth-order valence-corrected chi connectivity index (χ4v) is 3.99. The van der Waals surface area contributed by atoms with Crippen LogP contribution in [0.1, 0.15) is 21.6 Å². The first-order valence-electron chi connectivity index (χ1n) is 10.1. The molecule has 3 aromatic rings. The van der Waals surface area contributed by atoms with Gasteiger partial charge in [0.1, 0.15) is 5.75 Å². The molecule has 30 heavy (non-hydrogen) atoms. The first-order valence-corrected chi connectivity index (χ1v) is 10.1. The Kier molecular flexibility index (Phi) is 5.98. The van der Waals surface area contributed by atoms with E-state index in [1.807, 2.05) is 18.2 Å². The number of likely N-dealkylation sites (N-methyl/N-ethyl adjacent to an activating group) is 1. The summed E-state index contributed by atoms with van der Waals surface area (Å²) < 4.78 is 0. The van der Waals surface area contributed by atoms with Gasteiger partial charge in [0.15, 0.2) is 5.69 Å². The van der Waals surface area contributed by atoms with Crippen LogP contribution in [0.2, 0.25) is 0 Å². The summed E-state index contributed by atoms with van der Waals surface area (Å²) >= 11 is 0. The summed E-state index contributed by atoms with van der Waals surface area (Å²) in [5, 5.41) is 29.9. The summed E-state index contributed by atoms with van der Waals surface area (Å²) in [6, 6.07) is 12.7. The molecule has 1 unspecified atom stereocenters. The molecular weight excluding hydrogens is 382 g/mol. The van der Waals surface area contributed by atoms with Crippen LogP contribution in [0.4, 0.5) is 0 Å². The third-order valence-corrected chi connectivity index (χ3v) is 5.49. The summed E-state index contributed by atoms with van der Waals surface area (Å²) in [5.74, 6) is -0.155. The molecule has 2 aromatic carbocycles. The van der Waals surface area contributed by atoms with Gasteiger partial charge in [-0.05, 0) is 36.4 Å². The number of phenolic OH excluding ortho intramolecular Hbond substituents is 1. The molecule has 8 nitrogen and oxygen atoms in total. The van der Waals surface area contributed by atoms with E-state index in [0.717, 1.165) is 37.3 Å². The maximum Gasteiger partial charge on any atom is 0.272 e. The highest BCUT2D eigenvalue weighted by Crippen LogP contribution is 2.21. The molecule has 0 bridgehead atoms. The number of benzene rings is 2. The smallest absolute Gasteiger partial charge is 0.272 e. The third kappa shape index (κ3) is 4.62. The number of carbonyl (C=O) groups excluding carboxylic acids is 1. The number of aromatic amines is 1. The first-order chi connectivity index (χ1) is 14.5. The highest BCUT2D eigenvalue weighted by molar-refractivity contribution is 6.05. The highest BCUT2D eigenvalue weighted by Gasteiger charge is 2.24. The number of phenols is 1. The van der Waals surface area contributed by atoms with Gasteiger partial charge in [-0.2, -0.15) is 5.10 Å². The molecule has 2 heterocycles. The van der Waals surface area contributed by atoms with Crippen molar-refractivity contribution in [2.45, 2.75) is 19.2 Å². The van der Waals surface area contributed by atoms with Gasteiger partial charge < -0.3 is 20.4 Å². The molecule has 0 saturated carbocycles. The Morgan fingerprint density at radius 1 is 1.20 bits per heavy atom. The quantitative estimate of drug-likeness (QED) is 0.507. The van der Waals surface area contributed by atoms with Crippen molar-refractivity contribution in [1.82, 2.24) is 25.3 Å². The minimum absolute atomic E-state index is 0.0302. The fraction of sp³-hybridized carbons (Fsp3) is 0.364. The minimum Gasteiger partial charge on any atom is -0.508 e. The molecule has 0 aliphatic carbocycles. The van der Waals surface area contributed by atoms with E-state index in [0.29, 0.717) is 17.4 Å². The Labute approximate surface area is 175 Å². The summed E-state index contributed by atoms with van der Waals surface area (Å²) in [4.78, 5) is 17.5. The van der Waals surface area contributed by atoms with Crippen LogP contribution in [0.25, 0.3) is 10.9 Å². The molecule has 158 valence electrons. The van der Waals surface area contributed by atoms with Gasteiger partial charge in [0.2, 0.25) is 0 Å². The second kappa shape index (κ2) is 8.83. The second-order valence-electron chi connectivity index (χ2n) is 7.95. The predicted molar refractivity (Wildman–Crippen MR) is 114 cm³/mol. The molecule has 1 aliphatic rings. The molecule has 0 spiro atoms. The van der Waals surface area contributed by atoms with Crippen LogP contribution in [-0.4, -0.2) is 75.4 Å². The van der Waals surface area contributed by atoms with Gasteiger partial charge in [0, 0.05) is 38.1 Å². The van der Waals surface area contributed by atoms with Crippen molar-refractivity contribution in [3.05, 3.63) is 59.3 Å². The van der Waals surface area contributed by atoms with Crippen molar-refractivity contribution in [3.8, 4) is 5.75 Å². The second-order valence-corrected chi connectivity index (χ2v) is 7.95.